The second kappa shape index (κ2) is 5.34. The highest BCUT2D eigenvalue weighted by Crippen LogP contribution is 2.12. The van der Waals surface area contributed by atoms with E-state index in [9.17, 15) is 5.11 Å². The van der Waals surface area contributed by atoms with Crippen molar-refractivity contribution in [1.82, 2.24) is 9.97 Å². The van der Waals surface area contributed by atoms with E-state index in [1.807, 2.05) is 18.2 Å². The maximum Gasteiger partial charge on any atom is 0.198 e. The highest BCUT2D eigenvalue weighted by atomic mass is 16.6. The van der Waals surface area contributed by atoms with Crippen molar-refractivity contribution in [2.24, 2.45) is 0 Å². The van der Waals surface area contributed by atoms with Gasteiger partial charge >= 0.3 is 0 Å². The van der Waals surface area contributed by atoms with Crippen LogP contribution >= 0.6 is 0 Å². The molecule has 0 aliphatic heterocycles. The molecule has 4 nitrogen and oxygen atoms in total. The molecule has 2 aromatic heterocycles. The predicted molar refractivity (Wildman–Crippen MR) is 58.2 cm³/mol. The summed E-state index contributed by atoms with van der Waals surface area (Å²) in [7, 11) is 0. The molecule has 0 aliphatic carbocycles. The Morgan fingerprint density at radius 3 is 2.44 bits per heavy atom. The fourth-order valence-electron chi connectivity index (χ4n) is 1.26. The number of aliphatic hydroxyl groups is 1. The van der Waals surface area contributed by atoms with Crippen LogP contribution in [0.1, 0.15) is 17.7 Å². The van der Waals surface area contributed by atoms with Crippen LogP contribution in [0.25, 0.3) is 0 Å². The van der Waals surface area contributed by atoms with E-state index in [0.717, 1.165) is 5.69 Å². The van der Waals surface area contributed by atoms with Crippen LogP contribution < -0.4 is 0 Å². The lowest BCUT2D eigenvalue weighted by atomic mass is 10.3. The van der Waals surface area contributed by atoms with Crippen LogP contribution in [0, 0.1) is 0 Å². The molecule has 0 fully saturated rings. The number of pyridine rings is 2. The first-order valence-electron chi connectivity index (χ1n) is 4.97. The number of aromatic nitrogens is 2. The molecule has 82 valence electrons. The lowest BCUT2D eigenvalue weighted by Crippen LogP contribution is -2.05. The van der Waals surface area contributed by atoms with Gasteiger partial charge < -0.3 is 9.84 Å². The van der Waals surface area contributed by atoms with Gasteiger partial charge in [0.1, 0.15) is 0 Å². The molecule has 0 saturated heterocycles. The molecule has 0 bridgehead atoms. The fraction of sp³-hybridized carbons (Fsp3) is 0.167. The highest BCUT2D eigenvalue weighted by molar-refractivity contribution is 5.05. The molecule has 0 aliphatic rings. The fourth-order valence-corrected chi connectivity index (χ4v) is 1.26. The third-order valence-corrected chi connectivity index (χ3v) is 2.06. The van der Waals surface area contributed by atoms with Crippen LogP contribution in [0.3, 0.4) is 0 Å². The molecule has 0 aromatic carbocycles. The van der Waals surface area contributed by atoms with Crippen molar-refractivity contribution in [2.45, 2.75) is 12.9 Å². The summed E-state index contributed by atoms with van der Waals surface area (Å²) in [5.41, 5.74) is 1.27. The van der Waals surface area contributed by atoms with E-state index < -0.39 is 6.29 Å². The molecule has 1 atom stereocenters. The van der Waals surface area contributed by atoms with Gasteiger partial charge in [0.2, 0.25) is 0 Å². The second-order valence-corrected chi connectivity index (χ2v) is 3.24. The van der Waals surface area contributed by atoms with Crippen molar-refractivity contribution in [3.8, 4) is 0 Å². The largest absolute Gasteiger partial charge is 0.363 e. The topological polar surface area (TPSA) is 55.2 Å². The van der Waals surface area contributed by atoms with Crippen LogP contribution in [-0.2, 0) is 11.3 Å². The molecule has 2 heterocycles. The standard InChI is InChI=1S/C12H12N2O2/c15-12(11-6-2-4-8-14-11)16-9-10-5-1-3-7-13-10/h1-8,12,15H,9H2. The van der Waals surface area contributed by atoms with Crippen molar-refractivity contribution < 1.29 is 9.84 Å². The Morgan fingerprint density at radius 2 is 1.81 bits per heavy atom. The summed E-state index contributed by atoms with van der Waals surface area (Å²) in [6.45, 7) is 0.262. The zero-order valence-electron chi connectivity index (χ0n) is 8.65. The van der Waals surface area contributed by atoms with Gasteiger partial charge in [-0.25, -0.2) is 0 Å². The minimum atomic E-state index is -1.01. The zero-order valence-corrected chi connectivity index (χ0v) is 8.65. The molecule has 0 saturated carbocycles. The third kappa shape index (κ3) is 2.85. The number of aliphatic hydroxyl groups excluding tert-OH is 1. The lowest BCUT2D eigenvalue weighted by molar-refractivity contribution is -0.115. The lowest BCUT2D eigenvalue weighted by Gasteiger charge is -2.10. The molecule has 2 rings (SSSR count). The summed E-state index contributed by atoms with van der Waals surface area (Å²) in [5, 5.41) is 9.67. The van der Waals surface area contributed by atoms with E-state index in [-0.39, 0.29) is 6.61 Å². The summed E-state index contributed by atoms with van der Waals surface area (Å²) in [6, 6.07) is 10.8. The summed E-state index contributed by atoms with van der Waals surface area (Å²) in [4.78, 5) is 8.08. The summed E-state index contributed by atoms with van der Waals surface area (Å²) >= 11 is 0. The van der Waals surface area contributed by atoms with Crippen LogP contribution in [-0.4, -0.2) is 15.1 Å². The summed E-state index contributed by atoms with van der Waals surface area (Å²) in [5.74, 6) is 0. The van der Waals surface area contributed by atoms with Crippen LogP contribution in [0.15, 0.2) is 48.8 Å². The smallest absolute Gasteiger partial charge is 0.198 e. The number of nitrogens with zero attached hydrogens (tertiary/aromatic N) is 2. The monoisotopic (exact) mass is 216 g/mol. The normalized spacial score (nSPS) is 12.3. The maximum absolute atomic E-state index is 9.67. The molecule has 0 radical (unpaired) electrons. The van der Waals surface area contributed by atoms with Gasteiger partial charge in [-0.05, 0) is 24.3 Å². The molecule has 4 heteroatoms. The number of hydrogen-bond acceptors (Lipinski definition) is 4. The molecule has 1 unspecified atom stereocenters. The van der Waals surface area contributed by atoms with Crippen molar-refractivity contribution in [3.05, 3.63) is 60.2 Å². The van der Waals surface area contributed by atoms with Gasteiger partial charge in [-0.2, -0.15) is 0 Å². The first-order valence-corrected chi connectivity index (χ1v) is 4.97. The Labute approximate surface area is 93.6 Å². The summed E-state index contributed by atoms with van der Waals surface area (Å²) < 4.78 is 5.24. The zero-order chi connectivity index (χ0) is 11.2. The van der Waals surface area contributed by atoms with Gasteiger partial charge in [-0.3, -0.25) is 9.97 Å². The quantitative estimate of drug-likeness (QED) is 0.790. The third-order valence-electron chi connectivity index (χ3n) is 2.06. The minimum Gasteiger partial charge on any atom is -0.363 e. The SMILES string of the molecule is OC(OCc1ccccn1)c1ccccn1. The van der Waals surface area contributed by atoms with E-state index in [1.165, 1.54) is 0 Å². The average Bonchev–Trinajstić information content (AvgIpc) is 2.38. The van der Waals surface area contributed by atoms with Crippen LogP contribution in [0.2, 0.25) is 0 Å². The molecular formula is C12H12N2O2. The van der Waals surface area contributed by atoms with Gasteiger partial charge in [-0.15, -0.1) is 0 Å². The maximum atomic E-state index is 9.67. The van der Waals surface area contributed by atoms with E-state index in [2.05, 4.69) is 9.97 Å². The molecule has 16 heavy (non-hydrogen) atoms. The molecule has 0 spiro atoms. The highest BCUT2D eigenvalue weighted by Gasteiger charge is 2.08. The minimum absolute atomic E-state index is 0.262. The predicted octanol–water partition coefficient (Wildman–Crippen LogP) is 1.68. The average molecular weight is 216 g/mol. The van der Waals surface area contributed by atoms with Gasteiger partial charge in [-0.1, -0.05) is 12.1 Å². The Hall–Kier alpha value is -1.78. The Bertz CT molecular complexity index is 420. The van der Waals surface area contributed by atoms with Crippen molar-refractivity contribution in [2.75, 3.05) is 0 Å². The molecule has 2 aromatic rings. The van der Waals surface area contributed by atoms with E-state index in [0.29, 0.717) is 5.69 Å². The first-order chi connectivity index (χ1) is 7.86. The van der Waals surface area contributed by atoms with Gasteiger partial charge in [0.05, 0.1) is 18.0 Å². The van der Waals surface area contributed by atoms with Gasteiger partial charge in [0.25, 0.3) is 0 Å². The Morgan fingerprint density at radius 1 is 1.06 bits per heavy atom. The number of ether oxygens (including phenoxy) is 1. The second-order valence-electron chi connectivity index (χ2n) is 3.24. The Kier molecular flexibility index (Phi) is 3.58. The van der Waals surface area contributed by atoms with Crippen LogP contribution in [0.4, 0.5) is 0 Å². The van der Waals surface area contributed by atoms with Crippen LogP contribution in [0.5, 0.6) is 0 Å². The number of hydrogen-bond donors (Lipinski definition) is 1. The summed E-state index contributed by atoms with van der Waals surface area (Å²) in [6.07, 6.45) is 2.29. The van der Waals surface area contributed by atoms with E-state index in [4.69, 9.17) is 4.74 Å². The van der Waals surface area contributed by atoms with E-state index in [1.54, 1.807) is 30.6 Å². The van der Waals surface area contributed by atoms with Crippen molar-refractivity contribution in [1.29, 1.82) is 0 Å². The van der Waals surface area contributed by atoms with Crippen molar-refractivity contribution >= 4 is 0 Å². The van der Waals surface area contributed by atoms with Gasteiger partial charge in [0, 0.05) is 12.4 Å². The number of rotatable bonds is 4. The molecular weight excluding hydrogens is 204 g/mol. The molecule has 1 N–H and O–H groups in total. The van der Waals surface area contributed by atoms with Gasteiger partial charge in [0.15, 0.2) is 6.29 Å². The Balaban J connectivity index is 1.92. The first kappa shape index (κ1) is 10.7. The molecule has 0 amide bonds. The van der Waals surface area contributed by atoms with E-state index >= 15 is 0 Å². The van der Waals surface area contributed by atoms with Crippen molar-refractivity contribution in [3.63, 3.8) is 0 Å².